The number of carboxylic acids is 1. The van der Waals surface area contributed by atoms with Crippen LogP contribution < -0.4 is 0 Å². The minimum absolute atomic E-state index is 0.000597. The number of carboxylic acid groups (broad SMARTS) is 1. The van der Waals surface area contributed by atoms with Crippen LogP contribution in [0.5, 0.6) is 0 Å². The molecule has 1 amide bonds. The smallest absolute Gasteiger partial charge is 0.410 e. The predicted molar refractivity (Wildman–Crippen MR) is 154 cm³/mol. The van der Waals surface area contributed by atoms with Crippen LogP contribution in [0.15, 0.2) is 48.5 Å². The second-order valence-electron chi connectivity index (χ2n) is 11.2. The largest absolute Gasteiger partial charge is 0.480 e. The van der Waals surface area contributed by atoms with Gasteiger partial charge in [-0.3, -0.25) is 19.3 Å². The summed E-state index contributed by atoms with van der Waals surface area (Å²) in [5.41, 5.74) is 4.13. The third-order valence-corrected chi connectivity index (χ3v) is 8.08. The average molecular weight is 626 g/mol. The van der Waals surface area contributed by atoms with Crippen LogP contribution >= 0.6 is 0 Å². The number of carbonyl (C=O) groups is 5. The number of amides is 1. The molecule has 0 bridgehead atoms. The molecule has 0 saturated carbocycles. The number of nitrogens with zero attached hydrogens (tertiary/aromatic N) is 1. The fraction of sp³-hybridized carbons (Fsp3) is 0.469. The Morgan fingerprint density at radius 3 is 1.91 bits per heavy atom. The van der Waals surface area contributed by atoms with Crippen molar-refractivity contribution in [2.75, 3.05) is 13.2 Å². The first kappa shape index (κ1) is 31.9. The van der Waals surface area contributed by atoms with Crippen molar-refractivity contribution in [3.05, 3.63) is 59.7 Å². The molecule has 0 unspecified atom stereocenters. The highest BCUT2D eigenvalue weighted by molar-refractivity contribution is 5.82. The monoisotopic (exact) mass is 625 g/mol. The van der Waals surface area contributed by atoms with Crippen LogP contribution in [-0.4, -0.2) is 96.0 Å². The van der Waals surface area contributed by atoms with E-state index < -0.39 is 72.8 Å². The van der Waals surface area contributed by atoms with Gasteiger partial charge in [-0.1, -0.05) is 48.5 Å². The molecule has 2 heterocycles. The topological polar surface area (TPSA) is 164 Å². The molecule has 13 nitrogen and oxygen atoms in total. The van der Waals surface area contributed by atoms with Gasteiger partial charge in [0.2, 0.25) is 0 Å². The van der Waals surface area contributed by atoms with Gasteiger partial charge in [0.15, 0.2) is 24.6 Å². The molecule has 3 aliphatic rings. The molecule has 0 radical (unpaired) electrons. The Labute approximate surface area is 259 Å². The maximum absolute atomic E-state index is 13.3. The molecule has 0 aromatic heterocycles. The molecule has 1 N–H and O–H groups in total. The Kier molecular flexibility index (Phi) is 9.40. The van der Waals surface area contributed by atoms with E-state index in [0.717, 1.165) is 41.0 Å². The molecule has 2 aromatic carbocycles. The minimum atomic E-state index is -1.36. The second kappa shape index (κ2) is 13.2. The van der Waals surface area contributed by atoms with E-state index in [2.05, 4.69) is 0 Å². The van der Waals surface area contributed by atoms with Crippen LogP contribution in [0.1, 0.15) is 51.2 Å². The summed E-state index contributed by atoms with van der Waals surface area (Å²) in [6, 6.07) is 14.4. The Balaban J connectivity index is 1.31. The van der Waals surface area contributed by atoms with Crippen molar-refractivity contribution in [2.24, 2.45) is 0 Å². The van der Waals surface area contributed by atoms with Gasteiger partial charge in [0.05, 0.1) is 18.8 Å². The predicted octanol–water partition coefficient (Wildman–Crippen LogP) is 3.02. The van der Waals surface area contributed by atoms with Crippen molar-refractivity contribution in [1.29, 1.82) is 0 Å². The minimum Gasteiger partial charge on any atom is -0.480 e. The second-order valence-corrected chi connectivity index (χ2v) is 11.2. The van der Waals surface area contributed by atoms with Crippen molar-refractivity contribution in [3.63, 3.8) is 0 Å². The number of carbonyl (C=O) groups excluding carboxylic acids is 4. The normalized spacial score (nSPS) is 27.2. The van der Waals surface area contributed by atoms with Gasteiger partial charge < -0.3 is 33.5 Å². The quantitative estimate of drug-likeness (QED) is 0.337. The fourth-order valence-corrected chi connectivity index (χ4v) is 6.28. The summed E-state index contributed by atoms with van der Waals surface area (Å²) in [7, 11) is 0. The maximum Gasteiger partial charge on any atom is 0.410 e. The third-order valence-electron chi connectivity index (χ3n) is 8.08. The van der Waals surface area contributed by atoms with E-state index in [0.29, 0.717) is 0 Å². The third kappa shape index (κ3) is 6.79. The van der Waals surface area contributed by atoms with Gasteiger partial charge in [0.25, 0.3) is 0 Å². The molecule has 2 fully saturated rings. The highest BCUT2D eigenvalue weighted by Crippen LogP contribution is 2.44. The number of likely N-dealkylation sites (tertiary alicyclic amines) is 1. The highest BCUT2D eigenvalue weighted by atomic mass is 16.7. The zero-order chi connectivity index (χ0) is 32.4. The van der Waals surface area contributed by atoms with Crippen molar-refractivity contribution in [3.8, 4) is 11.1 Å². The summed E-state index contributed by atoms with van der Waals surface area (Å²) in [4.78, 5) is 62.4. The Bertz CT molecular complexity index is 1430. The van der Waals surface area contributed by atoms with E-state index in [1.165, 1.54) is 6.92 Å². The van der Waals surface area contributed by atoms with Gasteiger partial charge in [-0.15, -0.1) is 0 Å². The van der Waals surface area contributed by atoms with E-state index in [-0.39, 0.29) is 25.5 Å². The van der Waals surface area contributed by atoms with Crippen LogP contribution in [0.3, 0.4) is 0 Å². The van der Waals surface area contributed by atoms with Crippen LogP contribution in [0.2, 0.25) is 0 Å². The lowest BCUT2D eigenvalue weighted by Gasteiger charge is -2.43. The Hall–Kier alpha value is -4.49. The zero-order valence-electron chi connectivity index (χ0n) is 25.2. The SMILES string of the molecule is CC(=O)O[C@@H]1[C@@H](OC(C)=O)[C@H](C)O[C@@H](O[C@@H]2C[C@@H](C(=O)O)N(C(=O)OCC3c4ccccc4-c4ccccc43)C2)[C@@H]1OC(C)=O. The van der Waals surface area contributed by atoms with E-state index in [1.54, 1.807) is 6.92 Å². The highest BCUT2D eigenvalue weighted by Gasteiger charge is 2.53. The summed E-state index contributed by atoms with van der Waals surface area (Å²) < 4.78 is 33.8. The number of benzene rings is 2. The van der Waals surface area contributed by atoms with Gasteiger partial charge >= 0.3 is 30.0 Å². The standard InChI is InChI=1S/C32H35NO12/c1-16-27(42-17(2)34)28(43-18(3)35)29(44-19(4)36)31(41-16)45-20-13-26(30(37)38)33(14-20)32(39)40-15-25-23-11-7-5-9-21(23)22-10-6-8-12-24(22)25/h5-12,16,20,25-29,31H,13-15H2,1-4H3,(H,37,38)/t16-,20+,26-,27-,28+,29+,31-/m0/s1. The lowest BCUT2D eigenvalue weighted by Crippen LogP contribution is -2.61. The molecule has 2 aliphatic heterocycles. The average Bonchev–Trinajstić information content (AvgIpc) is 3.55. The number of aliphatic carboxylic acids is 1. The van der Waals surface area contributed by atoms with Crippen molar-refractivity contribution < 1.29 is 57.5 Å². The zero-order valence-corrected chi connectivity index (χ0v) is 25.2. The first-order valence-electron chi connectivity index (χ1n) is 14.6. The van der Waals surface area contributed by atoms with Crippen LogP contribution in [-0.2, 0) is 47.6 Å². The summed E-state index contributed by atoms with van der Waals surface area (Å²) in [5.74, 6) is -3.62. The summed E-state index contributed by atoms with van der Waals surface area (Å²) in [6.45, 7) is 4.84. The lowest BCUT2D eigenvalue weighted by molar-refractivity contribution is -0.309. The van der Waals surface area contributed by atoms with Gasteiger partial charge in [-0.05, 0) is 29.2 Å². The Morgan fingerprint density at radius 2 is 1.36 bits per heavy atom. The fourth-order valence-electron chi connectivity index (χ4n) is 6.28. The number of ether oxygens (including phenoxy) is 6. The molecule has 45 heavy (non-hydrogen) atoms. The molecule has 2 saturated heterocycles. The van der Waals surface area contributed by atoms with Gasteiger partial charge in [-0.25, -0.2) is 9.59 Å². The molecule has 0 spiro atoms. The van der Waals surface area contributed by atoms with Crippen molar-refractivity contribution in [1.82, 2.24) is 4.90 Å². The molecule has 13 heteroatoms. The number of esters is 3. The molecular formula is C32H35NO12. The number of hydrogen-bond acceptors (Lipinski definition) is 11. The number of fused-ring (bicyclic) bond motifs is 3. The summed E-state index contributed by atoms with van der Waals surface area (Å²) >= 11 is 0. The molecular weight excluding hydrogens is 590 g/mol. The number of rotatable bonds is 8. The van der Waals surface area contributed by atoms with Crippen molar-refractivity contribution >= 4 is 30.0 Å². The molecule has 5 rings (SSSR count). The first-order valence-corrected chi connectivity index (χ1v) is 14.6. The lowest BCUT2D eigenvalue weighted by atomic mass is 9.98. The van der Waals surface area contributed by atoms with Crippen LogP contribution in [0.4, 0.5) is 4.79 Å². The molecule has 1 aliphatic carbocycles. The summed E-state index contributed by atoms with van der Waals surface area (Å²) in [5, 5.41) is 9.96. The van der Waals surface area contributed by atoms with Gasteiger partial charge in [0, 0.05) is 33.1 Å². The van der Waals surface area contributed by atoms with E-state index >= 15 is 0 Å². The van der Waals surface area contributed by atoms with Crippen molar-refractivity contribution in [2.45, 2.75) is 82.9 Å². The molecule has 7 atom stereocenters. The van der Waals surface area contributed by atoms with E-state index in [1.807, 2.05) is 48.5 Å². The molecule has 2 aromatic rings. The van der Waals surface area contributed by atoms with Crippen LogP contribution in [0, 0.1) is 0 Å². The summed E-state index contributed by atoms with van der Waals surface area (Å²) in [6.07, 6.45) is -7.80. The van der Waals surface area contributed by atoms with Gasteiger partial charge in [-0.2, -0.15) is 0 Å². The number of hydrogen-bond donors (Lipinski definition) is 1. The molecule has 240 valence electrons. The van der Waals surface area contributed by atoms with Gasteiger partial charge in [0.1, 0.15) is 12.6 Å². The van der Waals surface area contributed by atoms with E-state index in [4.69, 9.17) is 28.4 Å². The maximum atomic E-state index is 13.3. The Morgan fingerprint density at radius 1 is 0.822 bits per heavy atom. The van der Waals surface area contributed by atoms with E-state index in [9.17, 15) is 29.1 Å². The first-order chi connectivity index (χ1) is 21.4. The van der Waals surface area contributed by atoms with Crippen LogP contribution in [0.25, 0.3) is 11.1 Å².